The minimum atomic E-state index is 0.273. The van der Waals surface area contributed by atoms with E-state index in [1.807, 2.05) is 7.05 Å². The SMILES string of the molecule is CN=C(NCc1nnc2n1CCC2)NCC1(c2ccccc2)CC1. The van der Waals surface area contributed by atoms with Gasteiger partial charge in [-0.1, -0.05) is 30.3 Å². The topological polar surface area (TPSA) is 67.1 Å². The maximum absolute atomic E-state index is 4.34. The van der Waals surface area contributed by atoms with Gasteiger partial charge in [-0.2, -0.15) is 0 Å². The van der Waals surface area contributed by atoms with Gasteiger partial charge in [0.25, 0.3) is 0 Å². The molecule has 6 heteroatoms. The van der Waals surface area contributed by atoms with Gasteiger partial charge in [0.1, 0.15) is 5.82 Å². The molecular weight excluding hydrogens is 300 g/mol. The second-order valence-electron chi connectivity index (χ2n) is 6.71. The third kappa shape index (κ3) is 2.88. The van der Waals surface area contributed by atoms with Gasteiger partial charge in [0.05, 0.1) is 6.54 Å². The molecule has 0 saturated heterocycles. The van der Waals surface area contributed by atoms with Crippen LogP contribution >= 0.6 is 0 Å². The zero-order valence-electron chi connectivity index (χ0n) is 14.1. The number of aromatic nitrogens is 3. The molecule has 1 aliphatic carbocycles. The molecule has 24 heavy (non-hydrogen) atoms. The van der Waals surface area contributed by atoms with E-state index in [-0.39, 0.29) is 5.41 Å². The van der Waals surface area contributed by atoms with Gasteiger partial charge in [0, 0.05) is 32.0 Å². The van der Waals surface area contributed by atoms with Gasteiger partial charge in [0.2, 0.25) is 0 Å². The number of hydrogen-bond acceptors (Lipinski definition) is 3. The Labute approximate surface area is 142 Å². The Morgan fingerprint density at radius 2 is 2.04 bits per heavy atom. The summed E-state index contributed by atoms with van der Waals surface area (Å²) in [6, 6.07) is 10.8. The van der Waals surface area contributed by atoms with E-state index in [9.17, 15) is 0 Å². The van der Waals surface area contributed by atoms with E-state index in [2.05, 4.69) is 60.7 Å². The first-order chi connectivity index (χ1) is 11.8. The summed E-state index contributed by atoms with van der Waals surface area (Å²) in [6.45, 7) is 2.60. The summed E-state index contributed by atoms with van der Waals surface area (Å²) in [5.74, 6) is 2.93. The van der Waals surface area contributed by atoms with Crippen molar-refractivity contribution < 1.29 is 0 Å². The molecule has 1 fully saturated rings. The molecule has 2 aromatic rings. The van der Waals surface area contributed by atoms with Crippen LogP contribution in [0.4, 0.5) is 0 Å². The molecule has 0 bridgehead atoms. The average Bonchev–Trinajstić information content (AvgIpc) is 3.10. The fraction of sp³-hybridized carbons (Fsp3) is 0.500. The highest BCUT2D eigenvalue weighted by Crippen LogP contribution is 2.47. The van der Waals surface area contributed by atoms with Crippen LogP contribution in [0.25, 0.3) is 0 Å². The van der Waals surface area contributed by atoms with E-state index in [0.29, 0.717) is 6.54 Å². The van der Waals surface area contributed by atoms with Crippen molar-refractivity contribution in [3.8, 4) is 0 Å². The first kappa shape index (κ1) is 15.2. The van der Waals surface area contributed by atoms with Crippen LogP contribution in [0, 0.1) is 0 Å². The lowest BCUT2D eigenvalue weighted by atomic mass is 9.96. The van der Waals surface area contributed by atoms with E-state index in [1.54, 1.807) is 0 Å². The first-order valence-corrected chi connectivity index (χ1v) is 8.72. The molecule has 1 aromatic carbocycles. The third-order valence-electron chi connectivity index (χ3n) is 5.16. The van der Waals surface area contributed by atoms with E-state index in [1.165, 1.54) is 24.8 Å². The Balaban J connectivity index is 1.34. The van der Waals surface area contributed by atoms with Crippen LogP contribution in [-0.4, -0.2) is 34.3 Å². The molecule has 1 aliphatic heterocycles. The number of rotatable bonds is 5. The molecule has 4 rings (SSSR count). The van der Waals surface area contributed by atoms with E-state index in [4.69, 9.17) is 0 Å². The van der Waals surface area contributed by atoms with Crippen molar-refractivity contribution >= 4 is 5.96 Å². The minimum Gasteiger partial charge on any atom is -0.356 e. The highest BCUT2D eigenvalue weighted by Gasteiger charge is 2.44. The zero-order valence-corrected chi connectivity index (χ0v) is 14.1. The lowest BCUT2D eigenvalue weighted by Crippen LogP contribution is -2.41. The first-order valence-electron chi connectivity index (χ1n) is 8.72. The smallest absolute Gasteiger partial charge is 0.191 e. The predicted molar refractivity (Wildman–Crippen MR) is 93.9 cm³/mol. The number of aryl methyl sites for hydroxylation is 1. The van der Waals surface area contributed by atoms with Crippen LogP contribution in [-0.2, 0) is 24.9 Å². The lowest BCUT2D eigenvalue weighted by molar-refractivity contribution is 0.632. The molecule has 2 aliphatic rings. The monoisotopic (exact) mass is 324 g/mol. The number of hydrogen-bond donors (Lipinski definition) is 2. The molecule has 2 N–H and O–H groups in total. The van der Waals surface area contributed by atoms with Crippen LogP contribution in [0.3, 0.4) is 0 Å². The molecule has 1 aromatic heterocycles. The predicted octanol–water partition coefficient (Wildman–Crippen LogP) is 1.62. The number of nitrogens with one attached hydrogen (secondary N) is 2. The Kier molecular flexibility index (Phi) is 3.96. The van der Waals surface area contributed by atoms with Crippen LogP contribution < -0.4 is 10.6 Å². The van der Waals surface area contributed by atoms with Crippen molar-refractivity contribution in [3.05, 3.63) is 47.5 Å². The van der Waals surface area contributed by atoms with Crippen LogP contribution in [0.5, 0.6) is 0 Å². The highest BCUT2D eigenvalue weighted by atomic mass is 15.3. The number of guanidine groups is 1. The average molecular weight is 324 g/mol. The summed E-state index contributed by atoms with van der Waals surface area (Å²) in [5.41, 5.74) is 1.69. The summed E-state index contributed by atoms with van der Waals surface area (Å²) in [7, 11) is 1.81. The molecule has 0 radical (unpaired) electrons. The van der Waals surface area contributed by atoms with Gasteiger partial charge in [-0.15, -0.1) is 10.2 Å². The van der Waals surface area contributed by atoms with Crippen molar-refractivity contribution in [2.24, 2.45) is 4.99 Å². The largest absolute Gasteiger partial charge is 0.356 e. The molecule has 0 amide bonds. The van der Waals surface area contributed by atoms with Gasteiger partial charge < -0.3 is 15.2 Å². The quantitative estimate of drug-likeness (QED) is 0.648. The summed E-state index contributed by atoms with van der Waals surface area (Å²) in [4.78, 5) is 4.34. The zero-order chi connectivity index (χ0) is 16.4. The van der Waals surface area contributed by atoms with Gasteiger partial charge >= 0.3 is 0 Å². The molecular formula is C18H24N6. The fourth-order valence-corrected chi connectivity index (χ4v) is 3.49. The van der Waals surface area contributed by atoms with E-state index < -0.39 is 0 Å². The summed E-state index contributed by atoms with van der Waals surface area (Å²) < 4.78 is 2.21. The van der Waals surface area contributed by atoms with Gasteiger partial charge in [-0.25, -0.2) is 0 Å². The molecule has 1 saturated carbocycles. The number of nitrogens with zero attached hydrogens (tertiary/aromatic N) is 4. The Morgan fingerprint density at radius 1 is 1.21 bits per heavy atom. The summed E-state index contributed by atoms with van der Waals surface area (Å²) in [6.07, 6.45) is 4.68. The second kappa shape index (κ2) is 6.26. The minimum absolute atomic E-state index is 0.273. The molecule has 0 unspecified atom stereocenters. The fourth-order valence-electron chi connectivity index (χ4n) is 3.49. The Bertz CT molecular complexity index is 729. The molecule has 0 spiro atoms. The van der Waals surface area contributed by atoms with Gasteiger partial charge in [-0.3, -0.25) is 4.99 Å². The molecule has 2 heterocycles. The lowest BCUT2D eigenvalue weighted by Gasteiger charge is -2.19. The van der Waals surface area contributed by atoms with Crippen LogP contribution in [0.15, 0.2) is 35.3 Å². The third-order valence-corrected chi connectivity index (χ3v) is 5.16. The highest BCUT2D eigenvalue weighted by molar-refractivity contribution is 5.79. The maximum Gasteiger partial charge on any atom is 0.191 e. The van der Waals surface area contributed by atoms with E-state index >= 15 is 0 Å². The summed E-state index contributed by atoms with van der Waals surface area (Å²) in [5, 5.41) is 15.4. The van der Waals surface area contributed by atoms with Crippen molar-refractivity contribution in [3.63, 3.8) is 0 Å². The number of benzene rings is 1. The van der Waals surface area contributed by atoms with Gasteiger partial charge in [-0.05, 0) is 24.8 Å². The number of aliphatic imine (C=N–C) groups is 1. The van der Waals surface area contributed by atoms with Crippen molar-refractivity contribution in [1.82, 2.24) is 25.4 Å². The molecule has 126 valence electrons. The summed E-state index contributed by atoms with van der Waals surface area (Å²) >= 11 is 0. The second-order valence-corrected chi connectivity index (χ2v) is 6.71. The van der Waals surface area contributed by atoms with Crippen LogP contribution in [0.2, 0.25) is 0 Å². The van der Waals surface area contributed by atoms with Gasteiger partial charge in [0.15, 0.2) is 11.8 Å². The molecule has 0 atom stereocenters. The van der Waals surface area contributed by atoms with Crippen molar-refractivity contribution in [2.45, 2.75) is 44.2 Å². The Morgan fingerprint density at radius 3 is 2.79 bits per heavy atom. The van der Waals surface area contributed by atoms with Crippen LogP contribution in [0.1, 0.15) is 36.5 Å². The normalized spacial score (nSPS) is 18.3. The molecule has 6 nitrogen and oxygen atoms in total. The standard InChI is InChI=1S/C18H24N6/c1-19-17(20-12-16-23-22-15-8-5-11-24(15)16)21-13-18(9-10-18)14-6-3-2-4-7-14/h2-4,6-7H,5,8-13H2,1H3,(H2,19,20,21). The number of fused-ring (bicyclic) bond motifs is 1. The maximum atomic E-state index is 4.34. The van der Waals surface area contributed by atoms with Crippen molar-refractivity contribution in [2.75, 3.05) is 13.6 Å². The van der Waals surface area contributed by atoms with E-state index in [0.717, 1.165) is 37.1 Å². The van der Waals surface area contributed by atoms with Crippen molar-refractivity contribution in [1.29, 1.82) is 0 Å². The Hall–Kier alpha value is -2.37.